The molecule has 2 fully saturated rings. The first-order valence-corrected chi connectivity index (χ1v) is 7.83. The van der Waals surface area contributed by atoms with E-state index in [4.69, 9.17) is 0 Å². The third-order valence-corrected chi connectivity index (χ3v) is 4.80. The Balaban J connectivity index is 2.29. The molecule has 1 saturated heterocycles. The standard InChI is InChI=1S/C16H28N2O2/c1-6-12-13(19)17-16(4,5)14(20)18(12)11-8-7-9-15(2,3)10-11/h11-12H,6-10H2,1-5H3,(H,17,19). The molecule has 0 aromatic heterocycles. The van der Waals surface area contributed by atoms with E-state index in [1.165, 1.54) is 6.42 Å². The van der Waals surface area contributed by atoms with Crippen molar-refractivity contribution >= 4 is 11.8 Å². The number of carbonyl (C=O) groups excluding carboxylic acids is 2. The summed E-state index contributed by atoms with van der Waals surface area (Å²) in [4.78, 5) is 27.0. The number of nitrogens with one attached hydrogen (secondary N) is 1. The fraction of sp³-hybridized carbons (Fsp3) is 0.875. The van der Waals surface area contributed by atoms with Crippen LogP contribution < -0.4 is 5.32 Å². The van der Waals surface area contributed by atoms with Crippen LogP contribution in [0.3, 0.4) is 0 Å². The smallest absolute Gasteiger partial charge is 0.248 e. The van der Waals surface area contributed by atoms with Crippen molar-refractivity contribution in [1.29, 1.82) is 0 Å². The van der Waals surface area contributed by atoms with Gasteiger partial charge >= 0.3 is 0 Å². The molecule has 2 unspecified atom stereocenters. The van der Waals surface area contributed by atoms with Gasteiger partial charge in [0.2, 0.25) is 11.8 Å². The molecule has 1 N–H and O–H groups in total. The van der Waals surface area contributed by atoms with E-state index in [1.54, 1.807) is 13.8 Å². The van der Waals surface area contributed by atoms with E-state index in [0.29, 0.717) is 6.42 Å². The third kappa shape index (κ3) is 2.70. The van der Waals surface area contributed by atoms with Crippen LogP contribution >= 0.6 is 0 Å². The van der Waals surface area contributed by atoms with E-state index in [9.17, 15) is 9.59 Å². The van der Waals surface area contributed by atoms with Crippen molar-refractivity contribution in [3.63, 3.8) is 0 Å². The molecular formula is C16H28N2O2. The molecule has 4 nitrogen and oxygen atoms in total. The van der Waals surface area contributed by atoms with Crippen molar-refractivity contribution in [2.45, 2.75) is 84.3 Å². The molecule has 1 heterocycles. The first kappa shape index (κ1) is 15.3. The van der Waals surface area contributed by atoms with Gasteiger partial charge in [-0.1, -0.05) is 27.2 Å². The third-order valence-electron chi connectivity index (χ3n) is 4.80. The van der Waals surface area contributed by atoms with Crippen LogP contribution in [0.25, 0.3) is 0 Å². The summed E-state index contributed by atoms with van der Waals surface area (Å²) in [6, 6.07) is -0.0871. The van der Waals surface area contributed by atoms with Crippen LogP contribution in [-0.4, -0.2) is 34.3 Å². The minimum atomic E-state index is -0.773. The first-order chi connectivity index (χ1) is 9.18. The van der Waals surface area contributed by atoms with Crippen molar-refractivity contribution in [3.8, 4) is 0 Å². The number of amides is 2. The van der Waals surface area contributed by atoms with Crippen molar-refractivity contribution in [2.24, 2.45) is 5.41 Å². The van der Waals surface area contributed by atoms with Crippen molar-refractivity contribution < 1.29 is 9.59 Å². The highest BCUT2D eigenvalue weighted by Crippen LogP contribution is 2.39. The second-order valence-electron chi connectivity index (χ2n) is 7.67. The van der Waals surface area contributed by atoms with Gasteiger partial charge in [-0.2, -0.15) is 0 Å². The van der Waals surface area contributed by atoms with Crippen LogP contribution in [0.4, 0.5) is 0 Å². The van der Waals surface area contributed by atoms with Gasteiger partial charge < -0.3 is 10.2 Å². The monoisotopic (exact) mass is 280 g/mol. The largest absolute Gasteiger partial charge is 0.340 e. The molecular weight excluding hydrogens is 252 g/mol. The summed E-state index contributed by atoms with van der Waals surface area (Å²) in [6.45, 7) is 10.1. The quantitative estimate of drug-likeness (QED) is 0.844. The SMILES string of the molecule is CCC1C(=O)NC(C)(C)C(=O)N1C1CCCC(C)(C)C1. The molecule has 2 amide bonds. The van der Waals surface area contributed by atoms with Gasteiger partial charge in [-0.25, -0.2) is 0 Å². The van der Waals surface area contributed by atoms with Crippen LogP contribution in [0.15, 0.2) is 0 Å². The predicted molar refractivity (Wildman–Crippen MR) is 79.2 cm³/mol. The summed E-state index contributed by atoms with van der Waals surface area (Å²) < 4.78 is 0. The van der Waals surface area contributed by atoms with E-state index < -0.39 is 5.54 Å². The molecule has 0 spiro atoms. The number of nitrogens with zero attached hydrogens (tertiary/aromatic N) is 1. The molecule has 1 aliphatic heterocycles. The lowest BCUT2D eigenvalue weighted by Crippen LogP contribution is -2.70. The maximum atomic E-state index is 12.8. The molecule has 0 radical (unpaired) electrons. The highest BCUT2D eigenvalue weighted by molar-refractivity contribution is 5.99. The summed E-state index contributed by atoms with van der Waals surface area (Å²) in [5.74, 6) is 0.0760. The summed E-state index contributed by atoms with van der Waals surface area (Å²) >= 11 is 0. The average molecular weight is 280 g/mol. The fourth-order valence-corrected chi connectivity index (χ4v) is 3.73. The molecule has 0 aromatic rings. The van der Waals surface area contributed by atoms with Crippen LogP contribution in [0.2, 0.25) is 0 Å². The summed E-state index contributed by atoms with van der Waals surface area (Å²) in [7, 11) is 0. The number of hydrogen-bond acceptors (Lipinski definition) is 2. The normalized spacial score (nSPS) is 33.0. The zero-order valence-electron chi connectivity index (χ0n) is 13.5. The summed E-state index contributed by atoms with van der Waals surface area (Å²) in [5.41, 5.74) is -0.510. The number of rotatable bonds is 2. The van der Waals surface area contributed by atoms with Gasteiger partial charge in [0.25, 0.3) is 0 Å². The second-order valence-corrected chi connectivity index (χ2v) is 7.67. The van der Waals surface area contributed by atoms with E-state index in [0.717, 1.165) is 19.3 Å². The zero-order valence-corrected chi connectivity index (χ0v) is 13.5. The Morgan fingerprint density at radius 1 is 1.25 bits per heavy atom. The minimum absolute atomic E-state index is 0.000444. The van der Waals surface area contributed by atoms with E-state index >= 15 is 0 Å². The van der Waals surface area contributed by atoms with Crippen LogP contribution in [-0.2, 0) is 9.59 Å². The minimum Gasteiger partial charge on any atom is -0.340 e. The Morgan fingerprint density at radius 3 is 2.45 bits per heavy atom. The van der Waals surface area contributed by atoms with Gasteiger partial charge in [-0.3, -0.25) is 9.59 Å². The average Bonchev–Trinajstić information content (AvgIpc) is 2.31. The van der Waals surface area contributed by atoms with Crippen LogP contribution in [0.5, 0.6) is 0 Å². The molecule has 1 saturated carbocycles. The molecule has 0 bridgehead atoms. The zero-order chi connectivity index (χ0) is 15.1. The van der Waals surface area contributed by atoms with Crippen LogP contribution in [0.1, 0.15) is 66.7 Å². The van der Waals surface area contributed by atoms with E-state index in [1.807, 2.05) is 11.8 Å². The highest BCUT2D eigenvalue weighted by atomic mass is 16.2. The Hall–Kier alpha value is -1.06. The Morgan fingerprint density at radius 2 is 1.90 bits per heavy atom. The van der Waals surface area contributed by atoms with Crippen molar-refractivity contribution in [2.75, 3.05) is 0 Å². The topological polar surface area (TPSA) is 49.4 Å². The van der Waals surface area contributed by atoms with Gasteiger partial charge in [0.1, 0.15) is 11.6 Å². The van der Waals surface area contributed by atoms with Gasteiger partial charge in [0, 0.05) is 6.04 Å². The Bertz CT molecular complexity index is 415. The van der Waals surface area contributed by atoms with E-state index in [2.05, 4.69) is 19.2 Å². The maximum Gasteiger partial charge on any atom is 0.248 e. The Kier molecular flexibility index (Phi) is 3.87. The van der Waals surface area contributed by atoms with Gasteiger partial charge in [-0.05, 0) is 44.9 Å². The lowest BCUT2D eigenvalue weighted by Gasteiger charge is -2.49. The van der Waals surface area contributed by atoms with Crippen molar-refractivity contribution in [3.05, 3.63) is 0 Å². The number of hydrogen-bond donors (Lipinski definition) is 1. The van der Waals surface area contributed by atoms with Crippen LogP contribution in [0, 0.1) is 5.41 Å². The van der Waals surface area contributed by atoms with Gasteiger partial charge in [0.15, 0.2) is 0 Å². The molecule has 2 aliphatic rings. The van der Waals surface area contributed by atoms with E-state index in [-0.39, 0.29) is 29.3 Å². The highest BCUT2D eigenvalue weighted by Gasteiger charge is 2.48. The predicted octanol–water partition coefficient (Wildman–Crippen LogP) is 2.47. The maximum absolute atomic E-state index is 12.8. The first-order valence-electron chi connectivity index (χ1n) is 7.83. The fourth-order valence-electron chi connectivity index (χ4n) is 3.73. The number of carbonyl (C=O) groups is 2. The summed E-state index contributed by atoms with van der Waals surface area (Å²) in [6.07, 6.45) is 5.05. The molecule has 2 atom stereocenters. The lowest BCUT2D eigenvalue weighted by molar-refractivity contribution is -0.158. The molecule has 4 heteroatoms. The Labute approximate surface area is 122 Å². The van der Waals surface area contributed by atoms with Gasteiger partial charge in [-0.15, -0.1) is 0 Å². The number of piperazine rings is 1. The van der Waals surface area contributed by atoms with Gasteiger partial charge in [0.05, 0.1) is 0 Å². The molecule has 1 aliphatic carbocycles. The van der Waals surface area contributed by atoms with Crippen molar-refractivity contribution in [1.82, 2.24) is 10.2 Å². The summed E-state index contributed by atoms with van der Waals surface area (Å²) in [5, 5.41) is 2.87. The molecule has 20 heavy (non-hydrogen) atoms. The molecule has 2 rings (SSSR count). The molecule has 114 valence electrons. The molecule has 0 aromatic carbocycles. The lowest BCUT2D eigenvalue weighted by atomic mass is 9.74. The second kappa shape index (κ2) is 5.05.